The molecule has 2 heterocycles. The summed E-state index contributed by atoms with van der Waals surface area (Å²) < 4.78 is 5.00. The van der Waals surface area contributed by atoms with Crippen molar-refractivity contribution in [2.75, 3.05) is 32.8 Å². The van der Waals surface area contributed by atoms with Gasteiger partial charge in [-0.05, 0) is 31.0 Å². The van der Waals surface area contributed by atoms with Crippen LogP contribution in [-0.2, 0) is 9.53 Å². The van der Waals surface area contributed by atoms with Crippen LogP contribution in [0.4, 0.5) is 4.79 Å². The zero-order valence-corrected chi connectivity index (χ0v) is 15.0. The fourth-order valence-electron chi connectivity index (χ4n) is 3.20. The molecule has 2 N–H and O–H groups in total. The first-order chi connectivity index (χ1) is 12.1. The van der Waals surface area contributed by atoms with Crippen molar-refractivity contribution in [3.8, 4) is 0 Å². The molecule has 2 fully saturated rings. The molecule has 3 rings (SSSR count). The topological polar surface area (TPSA) is 73.9 Å². The van der Waals surface area contributed by atoms with Gasteiger partial charge in [0.2, 0.25) is 5.91 Å². The molecule has 8 heteroatoms. The Bertz CT molecular complexity index is 634. The number of benzene rings is 1. The molecule has 2 aliphatic rings. The van der Waals surface area contributed by atoms with Crippen molar-refractivity contribution in [2.45, 2.75) is 25.4 Å². The van der Waals surface area contributed by atoms with Crippen molar-refractivity contribution in [2.24, 2.45) is 0 Å². The average Bonchev–Trinajstić information content (AvgIpc) is 3.11. The molecule has 2 aliphatic heterocycles. The second-order valence-electron chi connectivity index (χ2n) is 6.20. The number of piperazine rings is 1. The first-order valence-electron chi connectivity index (χ1n) is 8.55. The van der Waals surface area contributed by atoms with Gasteiger partial charge in [-0.15, -0.1) is 0 Å². The van der Waals surface area contributed by atoms with E-state index in [9.17, 15) is 9.59 Å². The van der Waals surface area contributed by atoms with Gasteiger partial charge in [-0.1, -0.05) is 23.7 Å². The predicted octanol–water partition coefficient (Wildman–Crippen LogP) is 1.55. The first kappa shape index (κ1) is 18.0. The quantitative estimate of drug-likeness (QED) is 0.849. The van der Waals surface area contributed by atoms with Crippen LogP contribution >= 0.6 is 11.6 Å². The van der Waals surface area contributed by atoms with E-state index in [-0.39, 0.29) is 24.1 Å². The van der Waals surface area contributed by atoms with Gasteiger partial charge in [0.1, 0.15) is 6.04 Å². The fraction of sp³-hybridized carbons (Fsp3) is 0.529. The van der Waals surface area contributed by atoms with Crippen molar-refractivity contribution >= 4 is 23.6 Å². The number of halogens is 1. The summed E-state index contributed by atoms with van der Waals surface area (Å²) in [5, 5.41) is 0.684. The van der Waals surface area contributed by atoms with Crippen LogP contribution in [-0.4, -0.2) is 60.6 Å². The van der Waals surface area contributed by atoms with Crippen molar-refractivity contribution in [1.29, 1.82) is 0 Å². The van der Waals surface area contributed by atoms with E-state index in [0.717, 1.165) is 5.56 Å². The van der Waals surface area contributed by atoms with E-state index in [2.05, 4.69) is 10.9 Å². The van der Waals surface area contributed by atoms with E-state index in [1.807, 2.05) is 24.3 Å². The summed E-state index contributed by atoms with van der Waals surface area (Å²) in [6.45, 7) is 4.20. The molecule has 0 aromatic heterocycles. The number of hydrogen-bond acceptors (Lipinski definition) is 5. The molecule has 2 atom stereocenters. The molecule has 2 saturated heterocycles. The van der Waals surface area contributed by atoms with Gasteiger partial charge in [0.05, 0.1) is 6.61 Å². The highest BCUT2D eigenvalue weighted by atomic mass is 35.5. The van der Waals surface area contributed by atoms with E-state index >= 15 is 0 Å². The molecule has 2 amide bonds. The SMILES string of the molecule is CCOC(=O)N1CCN(C(=O)C2CC(c3cccc(Cl)c3)NN2)CC1. The van der Waals surface area contributed by atoms with E-state index in [0.29, 0.717) is 44.2 Å². The van der Waals surface area contributed by atoms with E-state index in [1.165, 1.54) is 0 Å². The molecule has 2 unspecified atom stereocenters. The Balaban J connectivity index is 1.52. The monoisotopic (exact) mass is 366 g/mol. The maximum Gasteiger partial charge on any atom is 0.409 e. The number of carbonyl (C=O) groups excluding carboxylic acids is 2. The summed E-state index contributed by atoms with van der Waals surface area (Å²) >= 11 is 6.04. The zero-order chi connectivity index (χ0) is 17.8. The molecule has 0 spiro atoms. The molecule has 25 heavy (non-hydrogen) atoms. The molecule has 1 aromatic carbocycles. The maximum atomic E-state index is 12.7. The van der Waals surface area contributed by atoms with Crippen LogP contribution in [0.15, 0.2) is 24.3 Å². The van der Waals surface area contributed by atoms with Crippen LogP contribution in [0.25, 0.3) is 0 Å². The van der Waals surface area contributed by atoms with Crippen LogP contribution in [0, 0.1) is 0 Å². The van der Waals surface area contributed by atoms with Crippen LogP contribution in [0.3, 0.4) is 0 Å². The predicted molar refractivity (Wildman–Crippen MR) is 94.0 cm³/mol. The smallest absolute Gasteiger partial charge is 0.409 e. The Kier molecular flexibility index (Phi) is 5.78. The van der Waals surface area contributed by atoms with E-state index < -0.39 is 0 Å². The number of hydrazine groups is 1. The summed E-state index contributed by atoms with van der Waals surface area (Å²) in [7, 11) is 0. The zero-order valence-electron chi connectivity index (χ0n) is 14.2. The summed E-state index contributed by atoms with van der Waals surface area (Å²) in [6.07, 6.45) is 0.355. The fourth-order valence-corrected chi connectivity index (χ4v) is 3.40. The third kappa shape index (κ3) is 4.23. The molecule has 1 aromatic rings. The third-order valence-corrected chi connectivity index (χ3v) is 4.80. The van der Waals surface area contributed by atoms with Crippen LogP contribution < -0.4 is 10.9 Å². The lowest BCUT2D eigenvalue weighted by atomic mass is 10.0. The van der Waals surface area contributed by atoms with Gasteiger partial charge in [-0.25, -0.2) is 15.6 Å². The van der Waals surface area contributed by atoms with Gasteiger partial charge >= 0.3 is 6.09 Å². The minimum Gasteiger partial charge on any atom is -0.450 e. The highest BCUT2D eigenvalue weighted by molar-refractivity contribution is 6.30. The van der Waals surface area contributed by atoms with Gasteiger partial charge < -0.3 is 14.5 Å². The average molecular weight is 367 g/mol. The molecule has 136 valence electrons. The van der Waals surface area contributed by atoms with Crippen molar-refractivity contribution in [1.82, 2.24) is 20.7 Å². The van der Waals surface area contributed by atoms with E-state index in [4.69, 9.17) is 16.3 Å². The summed E-state index contributed by atoms with van der Waals surface area (Å²) in [5.74, 6) is 0.0561. The number of ether oxygens (including phenoxy) is 1. The Morgan fingerprint density at radius 3 is 2.60 bits per heavy atom. The number of carbonyl (C=O) groups is 2. The van der Waals surface area contributed by atoms with Crippen LogP contribution in [0.5, 0.6) is 0 Å². The molecule has 0 saturated carbocycles. The van der Waals surface area contributed by atoms with Crippen molar-refractivity contribution in [3.63, 3.8) is 0 Å². The minimum absolute atomic E-state index is 0.0495. The second kappa shape index (κ2) is 8.03. The van der Waals surface area contributed by atoms with Gasteiger partial charge in [0.15, 0.2) is 0 Å². The van der Waals surface area contributed by atoms with Crippen LogP contribution in [0.1, 0.15) is 24.9 Å². The van der Waals surface area contributed by atoms with E-state index in [1.54, 1.807) is 16.7 Å². The Labute approximate surface area is 152 Å². The number of nitrogens with zero attached hydrogens (tertiary/aromatic N) is 2. The molecular weight excluding hydrogens is 344 g/mol. The van der Waals surface area contributed by atoms with Gasteiger partial charge in [-0.2, -0.15) is 0 Å². The van der Waals surface area contributed by atoms with Gasteiger partial charge in [0.25, 0.3) is 0 Å². The van der Waals surface area contributed by atoms with Gasteiger partial charge in [0, 0.05) is 37.2 Å². The third-order valence-electron chi connectivity index (χ3n) is 4.57. The largest absolute Gasteiger partial charge is 0.450 e. The highest BCUT2D eigenvalue weighted by Crippen LogP contribution is 2.25. The Morgan fingerprint density at radius 1 is 1.20 bits per heavy atom. The highest BCUT2D eigenvalue weighted by Gasteiger charge is 2.34. The molecule has 0 radical (unpaired) electrons. The Morgan fingerprint density at radius 2 is 1.92 bits per heavy atom. The summed E-state index contributed by atoms with van der Waals surface area (Å²) in [5.41, 5.74) is 7.32. The van der Waals surface area contributed by atoms with Gasteiger partial charge in [-0.3, -0.25) is 4.79 Å². The normalized spacial score (nSPS) is 23.6. The van der Waals surface area contributed by atoms with Crippen molar-refractivity contribution < 1.29 is 14.3 Å². The number of amides is 2. The lowest BCUT2D eigenvalue weighted by Crippen LogP contribution is -2.54. The van der Waals surface area contributed by atoms with Crippen molar-refractivity contribution in [3.05, 3.63) is 34.9 Å². The summed E-state index contributed by atoms with van der Waals surface area (Å²) in [4.78, 5) is 27.9. The van der Waals surface area contributed by atoms with Crippen LogP contribution in [0.2, 0.25) is 5.02 Å². The number of hydrogen-bond donors (Lipinski definition) is 2. The first-order valence-corrected chi connectivity index (χ1v) is 8.93. The summed E-state index contributed by atoms with van der Waals surface area (Å²) in [6, 6.07) is 7.41. The second-order valence-corrected chi connectivity index (χ2v) is 6.63. The minimum atomic E-state index is -0.309. The molecule has 0 aliphatic carbocycles. The standard InChI is InChI=1S/C17H23ClN4O3/c1-2-25-17(24)22-8-6-21(7-9-22)16(23)15-11-14(19-20-15)12-4-3-5-13(18)10-12/h3-5,10,14-15,19-20H,2,6-9,11H2,1H3. The number of rotatable bonds is 3. The molecule has 7 nitrogen and oxygen atoms in total. The maximum absolute atomic E-state index is 12.7. The number of nitrogens with one attached hydrogen (secondary N) is 2. The molecule has 0 bridgehead atoms. The lowest BCUT2D eigenvalue weighted by molar-refractivity contribution is -0.134. The lowest BCUT2D eigenvalue weighted by Gasteiger charge is -2.35. The molecular formula is C17H23ClN4O3. The Hall–Kier alpha value is -1.83.